The molecule has 25 heavy (non-hydrogen) atoms. The molecule has 1 aromatic carbocycles. The van der Waals surface area contributed by atoms with Gasteiger partial charge in [0, 0.05) is 29.7 Å². The average molecular weight is 347 g/mol. The van der Waals surface area contributed by atoms with Crippen LogP contribution in [0.3, 0.4) is 0 Å². The summed E-state index contributed by atoms with van der Waals surface area (Å²) in [6, 6.07) is 2.85. The number of carbonyl (C=O) groups is 1. The molecule has 1 aliphatic heterocycles. The number of rotatable bonds is 5. The number of carbonyl (C=O) groups excluding carboxylic acids is 1. The minimum absolute atomic E-state index is 0.0103. The monoisotopic (exact) mass is 347 g/mol. The second kappa shape index (κ2) is 6.63. The van der Waals surface area contributed by atoms with E-state index < -0.39 is 4.92 Å². The fourth-order valence-electron chi connectivity index (χ4n) is 4.55. The van der Waals surface area contributed by atoms with Gasteiger partial charge >= 0.3 is 5.97 Å². The maximum atomic E-state index is 12.2. The highest BCUT2D eigenvalue weighted by atomic mass is 16.7. The van der Waals surface area contributed by atoms with Crippen molar-refractivity contribution in [2.24, 2.45) is 17.8 Å². The lowest BCUT2D eigenvalue weighted by Crippen LogP contribution is -2.18. The third-order valence-corrected chi connectivity index (χ3v) is 5.68. The number of fused-ring (bicyclic) bond motifs is 3. The Labute approximate surface area is 145 Å². The molecule has 134 valence electrons. The van der Waals surface area contributed by atoms with Crippen LogP contribution in [0, 0.1) is 27.9 Å². The fraction of sp³-hybridized carbons (Fsp3) is 0.611. The van der Waals surface area contributed by atoms with Crippen molar-refractivity contribution in [2.45, 2.75) is 45.3 Å². The van der Waals surface area contributed by atoms with E-state index in [1.807, 2.05) is 0 Å². The highest BCUT2D eigenvalue weighted by Crippen LogP contribution is 2.49. The van der Waals surface area contributed by atoms with Crippen molar-refractivity contribution in [1.82, 2.24) is 0 Å². The number of non-ortho nitro benzene ring substituents is 1. The number of ether oxygens (including phenoxy) is 3. The molecule has 0 N–H and O–H groups in total. The quantitative estimate of drug-likeness (QED) is 0.461. The van der Waals surface area contributed by atoms with Crippen LogP contribution < -0.4 is 4.74 Å². The van der Waals surface area contributed by atoms with Crippen LogP contribution in [0.4, 0.5) is 5.69 Å². The smallest absolute Gasteiger partial charge is 0.306 e. The lowest BCUT2D eigenvalue weighted by Gasteiger charge is -2.22. The minimum Gasteiger partial charge on any atom is -0.467 e. The second-order valence-electron chi connectivity index (χ2n) is 7.26. The molecule has 3 atom stereocenters. The number of hydrogen-bond donors (Lipinski definition) is 0. The van der Waals surface area contributed by atoms with E-state index in [0.29, 0.717) is 35.1 Å². The standard InChI is InChI=1S/C18H21NO6/c20-17(7-13-4-11-1-2-12(13)3-11)24-9-15-6-16(19(21)22)5-14-8-23-10-25-18(14)15/h5-6,11-13H,1-4,7-10H2/t11-,12+,13+/m0/s1. The Kier molecular flexibility index (Phi) is 4.33. The van der Waals surface area contributed by atoms with Gasteiger partial charge in [-0.1, -0.05) is 6.42 Å². The summed E-state index contributed by atoms with van der Waals surface area (Å²) < 4.78 is 16.1. The second-order valence-corrected chi connectivity index (χ2v) is 7.26. The van der Waals surface area contributed by atoms with Gasteiger partial charge in [0.25, 0.3) is 5.69 Å². The highest BCUT2D eigenvalue weighted by Gasteiger charge is 2.40. The highest BCUT2D eigenvalue weighted by molar-refractivity contribution is 5.70. The normalized spacial score (nSPS) is 26.8. The number of nitrogens with zero attached hydrogens (tertiary/aromatic N) is 1. The summed E-state index contributed by atoms with van der Waals surface area (Å²) in [5.74, 6) is 2.20. The topological polar surface area (TPSA) is 87.9 Å². The summed E-state index contributed by atoms with van der Waals surface area (Å²) in [6.07, 6.45) is 5.36. The summed E-state index contributed by atoms with van der Waals surface area (Å²) in [4.78, 5) is 22.8. The van der Waals surface area contributed by atoms with E-state index in [-0.39, 0.29) is 31.7 Å². The minimum atomic E-state index is -0.463. The van der Waals surface area contributed by atoms with Crippen LogP contribution in [-0.2, 0) is 27.5 Å². The lowest BCUT2D eigenvalue weighted by atomic mass is 9.86. The first-order chi connectivity index (χ1) is 12.1. The predicted molar refractivity (Wildman–Crippen MR) is 86.7 cm³/mol. The van der Waals surface area contributed by atoms with Crippen molar-refractivity contribution in [1.29, 1.82) is 0 Å². The molecule has 2 bridgehead atoms. The maximum absolute atomic E-state index is 12.2. The molecule has 0 radical (unpaired) electrons. The Bertz CT molecular complexity index is 703. The van der Waals surface area contributed by atoms with Crippen molar-refractivity contribution in [2.75, 3.05) is 6.79 Å². The molecule has 7 nitrogen and oxygen atoms in total. The summed E-state index contributed by atoms with van der Waals surface area (Å²) in [5, 5.41) is 11.1. The van der Waals surface area contributed by atoms with Gasteiger partial charge in [0.05, 0.1) is 11.5 Å². The van der Waals surface area contributed by atoms with Crippen molar-refractivity contribution in [3.8, 4) is 5.75 Å². The molecule has 1 aromatic rings. The summed E-state index contributed by atoms with van der Waals surface area (Å²) in [5.41, 5.74) is 1.08. The van der Waals surface area contributed by atoms with Gasteiger partial charge in [0.2, 0.25) is 0 Å². The number of nitro groups is 1. The number of hydrogen-bond acceptors (Lipinski definition) is 6. The Hall–Kier alpha value is -2.15. The van der Waals surface area contributed by atoms with Gasteiger partial charge in [-0.25, -0.2) is 0 Å². The third kappa shape index (κ3) is 3.33. The van der Waals surface area contributed by atoms with Crippen LogP contribution in [0.25, 0.3) is 0 Å². The number of esters is 1. The van der Waals surface area contributed by atoms with Crippen LogP contribution in [0.2, 0.25) is 0 Å². The van der Waals surface area contributed by atoms with E-state index in [4.69, 9.17) is 14.2 Å². The van der Waals surface area contributed by atoms with Crippen LogP contribution in [0.1, 0.15) is 43.2 Å². The van der Waals surface area contributed by atoms with Gasteiger partial charge in [0.15, 0.2) is 6.79 Å². The van der Waals surface area contributed by atoms with Crippen molar-refractivity contribution in [3.63, 3.8) is 0 Å². The average Bonchev–Trinajstić information content (AvgIpc) is 3.22. The Morgan fingerprint density at radius 1 is 1.32 bits per heavy atom. The fourth-order valence-corrected chi connectivity index (χ4v) is 4.55. The van der Waals surface area contributed by atoms with Crippen molar-refractivity contribution >= 4 is 11.7 Å². The first-order valence-corrected chi connectivity index (χ1v) is 8.76. The molecule has 0 aromatic heterocycles. The van der Waals surface area contributed by atoms with Crippen LogP contribution in [0.15, 0.2) is 12.1 Å². The Morgan fingerprint density at radius 2 is 2.20 bits per heavy atom. The van der Waals surface area contributed by atoms with Gasteiger partial charge in [-0.05, 0) is 37.0 Å². The van der Waals surface area contributed by atoms with E-state index in [1.54, 1.807) is 0 Å². The molecule has 0 spiro atoms. The van der Waals surface area contributed by atoms with Gasteiger partial charge in [0.1, 0.15) is 12.4 Å². The summed E-state index contributed by atoms with van der Waals surface area (Å²) in [6.45, 7) is 0.337. The van der Waals surface area contributed by atoms with Gasteiger partial charge in [-0.15, -0.1) is 0 Å². The zero-order chi connectivity index (χ0) is 17.4. The molecule has 0 saturated heterocycles. The first-order valence-electron chi connectivity index (χ1n) is 8.76. The lowest BCUT2D eigenvalue weighted by molar-refractivity contribution is -0.385. The molecule has 1 heterocycles. The van der Waals surface area contributed by atoms with Gasteiger partial charge in [-0.3, -0.25) is 14.9 Å². The third-order valence-electron chi connectivity index (χ3n) is 5.68. The summed E-state index contributed by atoms with van der Waals surface area (Å²) in [7, 11) is 0. The van der Waals surface area contributed by atoms with E-state index in [0.717, 1.165) is 12.3 Å². The molecule has 0 unspecified atom stereocenters. The van der Waals surface area contributed by atoms with Crippen LogP contribution in [-0.4, -0.2) is 17.7 Å². The van der Waals surface area contributed by atoms with E-state index in [1.165, 1.54) is 31.4 Å². The molecule has 3 aliphatic rings. The van der Waals surface area contributed by atoms with Crippen molar-refractivity contribution in [3.05, 3.63) is 33.4 Å². The van der Waals surface area contributed by atoms with E-state index >= 15 is 0 Å². The zero-order valence-electron chi connectivity index (χ0n) is 13.9. The van der Waals surface area contributed by atoms with E-state index in [2.05, 4.69) is 0 Å². The predicted octanol–water partition coefficient (Wildman–Crippen LogP) is 3.33. The zero-order valence-corrected chi connectivity index (χ0v) is 13.9. The van der Waals surface area contributed by atoms with Crippen molar-refractivity contribution < 1.29 is 23.9 Å². The number of nitro benzene ring substituents is 1. The molecule has 2 saturated carbocycles. The Morgan fingerprint density at radius 3 is 2.92 bits per heavy atom. The van der Waals surface area contributed by atoms with Crippen LogP contribution >= 0.6 is 0 Å². The molecular formula is C18H21NO6. The van der Waals surface area contributed by atoms with Gasteiger partial charge in [-0.2, -0.15) is 0 Å². The Balaban J connectivity index is 1.42. The summed E-state index contributed by atoms with van der Waals surface area (Å²) >= 11 is 0. The first kappa shape index (κ1) is 16.3. The number of benzene rings is 1. The molecule has 0 amide bonds. The molecule has 7 heteroatoms. The SMILES string of the molecule is O=C(C[C@H]1C[C@H]2CC[C@@H]1C2)OCc1cc([N+](=O)[O-])cc2c1OCOC2. The molecule has 2 fully saturated rings. The maximum Gasteiger partial charge on any atom is 0.306 e. The van der Waals surface area contributed by atoms with E-state index in [9.17, 15) is 14.9 Å². The molecule has 4 rings (SSSR count). The van der Waals surface area contributed by atoms with Crippen LogP contribution in [0.5, 0.6) is 5.75 Å². The largest absolute Gasteiger partial charge is 0.467 e. The molecular weight excluding hydrogens is 326 g/mol. The van der Waals surface area contributed by atoms with Gasteiger partial charge < -0.3 is 14.2 Å². The molecule has 2 aliphatic carbocycles.